The summed E-state index contributed by atoms with van der Waals surface area (Å²) in [6.45, 7) is 1.99. The second kappa shape index (κ2) is 5.20. The molecule has 1 atom stereocenters. The lowest BCUT2D eigenvalue weighted by Crippen LogP contribution is -1.97. The van der Waals surface area contributed by atoms with Gasteiger partial charge in [0.1, 0.15) is 0 Å². The fourth-order valence-corrected chi connectivity index (χ4v) is 1.33. The van der Waals surface area contributed by atoms with Crippen molar-refractivity contribution in [1.82, 2.24) is 0 Å². The van der Waals surface area contributed by atoms with Crippen LogP contribution in [0.2, 0.25) is 0 Å². The minimum atomic E-state index is -0.394. The summed E-state index contributed by atoms with van der Waals surface area (Å²) in [7, 11) is 0. The normalized spacial score (nSPS) is 14.2. The molecule has 0 aliphatic heterocycles. The molecule has 0 aromatic heterocycles. The molecule has 2 heteroatoms. The molecule has 0 bridgehead atoms. The highest BCUT2D eigenvalue weighted by Crippen LogP contribution is 2.20. The molecule has 1 aromatic rings. The smallest absolute Gasteiger partial charge is 0.0827 e. The maximum Gasteiger partial charge on any atom is 0.0827 e. The van der Waals surface area contributed by atoms with Crippen LogP contribution in [0.15, 0.2) is 40.9 Å². The monoisotopic (exact) mass is 240 g/mol. The third kappa shape index (κ3) is 3.33. The summed E-state index contributed by atoms with van der Waals surface area (Å²) in [6.07, 6.45) is 0.282. The fourth-order valence-electron chi connectivity index (χ4n) is 1.14. The average Bonchev–Trinajstić information content (AvgIpc) is 2.19. The van der Waals surface area contributed by atoms with E-state index in [2.05, 4.69) is 15.9 Å². The molecule has 0 amide bonds. The Labute approximate surface area is 87.2 Å². The van der Waals surface area contributed by atoms with E-state index < -0.39 is 6.10 Å². The summed E-state index contributed by atoms with van der Waals surface area (Å²) >= 11 is 3.24. The number of hydrogen-bond donors (Lipinski definition) is 1. The van der Waals surface area contributed by atoms with Gasteiger partial charge in [-0.3, -0.25) is 0 Å². The van der Waals surface area contributed by atoms with E-state index in [9.17, 15) is 5.11 Å². The average molecular weight is 241 g/mol. The van der Waals surface area contributed by atoms with Crippen LogP contribution in [-0.2, 0) is 0 Å². The molecule has 1 N–H and O–H groups in total. The van der Waals surface area contributed by atoms with E-state index in [0.29, 0.717) is 6.42 Å². The molecule has 1 rings (SSSR count). The lowest BCUT2D eigenvalue weighted by Gasteiger charge is -2.10. The van der Waals surface area contributed by atoms with Gasteiger partial charge in [-0.05, 0) is 23.9 Å². The molecule has 70 valence electrons. The molecule has 0 saturated carbocycles. The lowest BCUT2D eigenvalue weighted by molar-refractivity contribution is 0.178. The highest BCUT2D eigenvalue weighted by atomic mass is 79.9. The Bertz CT molecular complexity index is 279. The zero-order valence-electron chi connectivity index (χ0n) is 7.57. The summed E-state index contributed by atoms with van der Waals surface area (Å²) in [5.74, 6) is 0. The summed E-state index contributed by atoms with van der Waals surface area (Å²) in [5.41, 5.74) is 2.10. The fraction of sp³-hybridized carbons (Fsp3) is 0.273. The minimum absolute atomic E-state index is 0.394. The highest BCUT2D eigenvalue weighted by Gasteiger charge is 2.06. The third-order valence-electron chi connectivity index (χ3n) is 1.89. The van der Waals surface area contributed by atoms with E-state index >= 15 is 0 Å². The molecule has 0 saturated heterocycles. The summed E-state index contributed by atoms with van der Waals surface area (Å²) in [5, 5.41) is 9.76. The van der Waals surface area contributed by atoms with Gasteiger partial charge in [0.15, 0.2) is 0 Å². The largest absolute Gasteiger partial charge is 0.388 e. The molecular formula is C11H13BrO. The molecule has 1 nitrogen and oxygen atoms in total. The first kappa shape index (κ1) is 10.5. The third-order valence-corrected chi connectivity index (χ3v) is 2.67. The first-order valence-electron chi connectivity index (χ1n) is 4.23. The van der Waals surface area contributed by atoms with E-state index in [0.717, 1.165) is 11.1 Å². The van der Waals surface area contributed by atoms with Crippen LogP contribution in [0.5, 0.6) is 0 Å². The maximum atomic E-state index is 9.76. The summed E-state index contributed by atoms with van der Waals surface area (Å²) < 4.78 is 0. The predicted octanol–water partition coefficient (Wildman–Crippen LogP) is 3.41. The lowest BCUT2D eigenvalue weighted by atomic mass is 10.0. The number of benzene rings is 1. The van der Waals surface area contributed by atoms with Crippen LogP contribution >= 0.6 is 15.9 Å². The SMILES string of the molecule is CC(=CBr)CC(O)c1ccccc1. The Hall–Kier alpha value is -0.600. The molecule has 0 fully saturated rings. The molecule has 1 unspecified atom stereocenters. The second-order valence-corrected chi connectivity index (χ2v) is 3.54. The van der Waals surface area contributed by atoms with E-state index in [-0.39, 0.29) is 0 Å². The molecule has 1 aromatic carbocycles. The van der Waals surface area contributed by atoms with Crippen LogP contribution in [-0.4, -0.2) is 5.11 Å². The van der Waals surface area contributed by atoms with E-state index in [1.807, 2.05) is 42.2 Å². The van der Waals surface area contributed by atoms with E-state index in [1.54, 1.807) is 0 Å². The van der Waals surface area contributed by atoms with Crippen LogP contribution in [0.3, 0.4) is 0 Å². The van der Waals surface area contributed by atoms with Crippen LogP contribution < -0.4 is 0 Å². The van der Waals surface area contributed by atoms with Gasteiger partial charge in [-0.25, -0.2) is 0 Å². The zero-order valence-corrected chi connectivity index (χ0v) is 9.16. The number of hydrogen-bond acceptors (Lipinski definition) is 1. The van der Waals surface area contributed by atoms with Crippen molar-refractivity contribution in [3.63, 3.8) is 0 Å². The predicted molar refractivity (Wildman–Crippen MR) is 58.7 cm³/mol. The topological polar surface area (TPSA) is 20.2 Å². The van der Waals surface area contributed by atoms with Crippen molar-refractivity contribution in [3.05, 3.63) is 46.5 Å². The second-order valence-electron chi connectivity index (χ2n) is 3.09. The number of rotatable bonds is 3. The van der Waals surface area contributed by atoms with Crippen molar-refractivity contribution < 1.29 is 5.11 Å². The van der Waals surface area contributed by atoms with E-state index in [4.69, 9.17) is 0 Å². The van der Waals surface area contributed by atoms with Crippen LogP contribution in [0, 0.1) is 0 Å². The Balaban J connectivity index is 2.64. The van der Waals surface area contributed by atoms with Gasteiger partial charge in [-0.15, -0.1) is 0 Å². The summed E-state index contributed by atoms with van der Waals surface area (Å²) in [6, 6.07) is 9.69. The van der Waals surface area contributed by atoms with Crippen molar-refractivity contribution in [2.75, 3.05) is 0 Å². The van der Waals surface area contributed by atoms with E-state index in [1.165, 1.54) is 0 Å². The first-order chi connectivity index (χ1) is 6.24. The van der Waals surface area contributed by atoms with Crippen LogP contribution in [0.1, 0.15) is 25.0 Å². The Morgan fingerprint density at radius 2 is 2.08 bits per heavy atom. The van der Waals surface area contributed by atoms with Crippen molar-refractivity contribution >= 4 is 15.9 Å². The number of aliphatic hydroxyl groups excluding tert-OH is 1. The Kier molecular flexibility index (Phi) is 4.19. The van der Waals surface area contributed by atoms with Crippen molar-refractivity contribution in [3.8, 4) is 0 Å². The van der Waals surface area contributed by atoms with Gasteiger partial charge >= 0.3 is 0 Å². The highest BCUT2D eigenvalue weighted by molar-refractivity contribution is 9.11. The van der Waals surface area contributed by atoms with Gasteiger partial charge in [-0.1, -0.05) is 51.8 Å². The van der Waals surface area contributed by atoms with Crippen molar-refractivity contribution in [2.24, 2.45) is 0 Å². The van der Waals surface area contributed by atoms with Gasteiger partial charge in [0.05, 0.1) is 6.10 Å². The van der Waals surface area contributed by atoms with Crippen LogP contribution in [0.4, 0.5) is 0 Å². The van der Waals surface area contributed by atoms with Crippen LogP contribution in [0.25, 0.3) is 0 Å². The van der Waals surface area contributed by atoms with Gasteiger partial charge in [0.25, 0.3) is 0 Å². The molecule has 0 heterocycles. The van der Waals surface area contributed by atoms with Gasteiger partial charge < -0.3 is 5.11 Å². The first-order valence-corrected chi connectivity index (χ1v) is 5.14. The Morgan fingerprint density at radius 3 is 2.62 bits per heavy atom. The molecule has 0 aliphatic carbocycles. The van der Waals surface area contributed by atoms with Crippen molar-refractivity contribution in [2.45, 2.75) is 19.4 Å². The Morgan fingerprint density at radius 1 is 1.46 bits per heavy atom. The minimum Gasteiger partial charge on any atom is -0.388 e. The number of halogens is 1. The summed E-state index contributed by atoms with van der Waals surface area (Å²) in [4.78, 5) is 1.85. The molecule has 0 radical (unpaired) electrons. The molecule has 0 spiro atoms. The van der Waals surface area contributed by atoms with Gasteiger partial charge in [-0.2, -0.15) is 0 Å². The quantitative estimate of drug-likeness (QED) is 0.859. The number of aliphatic hydroxyl groups is 1. The molecule has 0 aliphatic rings. The zero-order chi connectivity index (χ0) is 9.68. The van der Waals surface area contributed by atoms with Crippen molar-refractivity contribution in [1.29, 1.82) is 0 Å². The van der Waals surface area contributed by atoms with Gasteiger partial charge in [0.2, 0.25) is 0 Å². The molecule has 13 heavy (non-hydrogen) atoms. The standard InChI is InChI=1S/C11H13BrO/c1-9(8-12)7-11(13)10-5-3-2-4-6-10/h2-6,8,11,13H,7H2,1H3. The molecular weight excluding hydrogens is 228 g/mol. The van der Waals surface area contributed by atoms with Gasteiger partial charge in [0, 0.05) is 0 Å². The maximum absolute atomic E-state index is 9.76.